The van der Waals surface area contributed by atoms with Crippen molar-refractivity contribution in [3.8, 4) is 0 Å². The van der Waals surface area contributed by atoms with Crippen molar-refractivity contribution in [2.24, 2.45) is 0 Å². The van der Waals surface area contributed by atoms with Crippen LogP contribution in [0, 0.1) is 5.82 Å². The normalized spacial score (nSPS) is 10.7. The van der Waals surface area contributed by atoms with Crippen molar-refractivity contribution in [3.63, 3.8) is 0 Å². The number of halogens is 3. The van der Waals surface area contributed by atoms with Crippen LogP contribution in [0.1, 0.15) is 11.1 Å². The van der Waals surface area contributed by atoms with Gasteiger partial charge in [-0.2, -0.15) is 0 Å². The van der Waals surface area contributed by atoms with Crippen LogP contribution in [0.3, 0.4) is 0 Å². The first kappa shape index (κ1) is 18.4. The molecule has 0 radical (unpaired) electrons. The molecule has 4 rings (SSSR count). The lowest BCUT2D eigenvalue weighted by molar-refractivity contribution is -0.663. The van der Waals surface area contributed by atoms with Crippen LogP contribution in [0.25, 0.3) is 11.0 Å². The Balaban J connectivity index is 0.00000196. The smallest absolute Gasteiger partial charge is 0.245 e. The maximum absolute atomic E-state index is 13.1. The molecule has 0 atom stereocenters. The molecule has 3 aromatic carbocycles. The summed E-state index contributed by atoms with van der Waals surface area (Å²) in [6.07, 6.45) is 2.11. The highest BCUT2D eigenvalue weighted by atomic mass is 35.5. The predicted molar refractivity (Wildman–Crippen MR) is 98.2 cm³/mol. The number of hydrogen-bond donors (Lipinski definition) is 0. The van der Waals surface area contributed by atoms with Gasteiger partial charge in [-0.1, -0.05) is 48.0 Å². The molecule has 0 aliphatic heterocycles. The Kier molecular flexibility index (Phi) is 5.60. The molecular weight excluding hydrogens is 370 g/mol. The summed E-state index contributed by atoms with van der Waals surface area (Å²) < 4.78 is 17.6. The van der Waals surface area contributed by atoms with E-state index in [1.807, 2.05) is 48.5 Å². The fraction of sp³-hybridized carbons (Fsp3) is 0.0952. The van der Waals surface area contributed by atoms with Crippen LogP contribution in [0.5, 0.6) is 0 Å². The van der Waals surface area contributed by atoms with E-state index in [-0.39, 0.29) is 18.2 Å². The Morgan fingerprint density at radius 3 is 2.23 bits per heavy atom. The molecule has 2 nitrogen and oxygen atoms in total. The number of fused-ring (bicyclic) bond motifs is 1. The van der Waals surface area contributed by atoms with Crippen LogP contribution in [-0.2, 0) is 13.1 Å². The molecule has 0 bridgehead atoms. The van der Waals surface area contributed by atoms with Crippen LogP contribution in [0.4, 0.5) is 4.39 Å². The van der Waals surface area contributed by atoms with Crippen molar-refractivity contribution in [2.45, 2.75) is 13.1 Å². The summed E-state index contributed by atoms with van der Waals surface area (Å²) >= 11 is 5.98. The lowest BCUT2D eigenvalue weighted by Crippen LogP contribution is -3.00. The molecule has 5 heteroatoms. The molecule has 0 saturated carbocycles. The van der Waals surface area contributed by atoms with Crippen molar-refractivity contribution >= 4 is 22.6 Å². The average molecular weight is 387 g/mol. The van der Waals surface area contributed by atoms with Crippen LogP contribution in [0.2, 0.25) is 5.02 Å². The van der Waals surface area contributed by atoms with Gasteiger partial charge in [-0.25, -0.2) is 13.5 Å². The molecule has 1 heterocycles. The second kappa shape index (κ2) is 7.90. The maximum Gasteiger partial charge on any atom is 0.245 e. The molecule has 1 aromatic heterocycles. The zero-order valence-electron chi connectivity index (χ0n) is 13.9. The Morgan fingerprint density at radius 1 is 0.846 bits per heavy atom. The Hall–Kier alpha value is -2.36. The molecule has 0 unspecified atom stereocenters. The fourth-order valence-electron chi connectivity index (χ4n) is 3.07. The molecule has 0 saturated heterocycles. The minimum Gasteiger partial charge on any atom is -1.00 e. The lowest BCUT2D eigenvalue weighted by Gasteiger charge is -1.99. The Bertz CT molecular complexity index is 927. The van der Waals surface area contributed by atoms with E-state index in [2.05, 4.69) is 27.6 Å². The second-order valence-electron chi connectivity index (χ2n) is 6.11. The third kappa shape index (κ3) is 3.90. The molecular formula is C21H17Cl2FN2. The highest BCUT2D eigenvalue weighted by Crippen LogP contribution is 2.15. The SMILES string of the molecule is Fc1ccc(Cn2c[n+](Cc3ccc(Cl)cc3)c3ccccc32)cc1.[Cl-]. The second-order valence-corrected chi connectivity index (χ2v) is 6.55. The van der Waals surface area contributed by atoms with E-state index < -0.39 is 0 Å². The lowest BCUT2D eigenvalue weighted by atomic mass is 10.2. The number of aromatic nitrogens is 2. The van der Waals surface area contributed by atoms with Gasteiger partial charge in [0.15, 0.2) is 11.0 Å². The van der Waals surface area contributed by atoms with Crippen molar-refractivity contribution < 1.29 is 21.4 Å². The molecule has 26 heavy (non-hydrogen) atoms. The van der Waals surface area contributed by atoms with Crippen molar-refractivity contribution in [3.05, 3.63) is 101 Å². The van der Waals surface area contributed by atoms with Gasteiger partial charge in [0.1, 0.15) is 18.9 Å². The third-order valence-corrected chi connectivity index (χ3v) is 4.56. The van der Waals surface area contributed by atoms with Gasteiger partial charge in [-0.05, 0) is 47.5 Å². The van der Waals surface area contributed by atoms with Gasteiger partial charge in [0.25, 0.3) is 0 Å². The summed E-state index contributed by atoms with van der Waals surface area (Å²) in [6.45, 7) is 1.47. The van der Waals surface area contributed by atoms with E-state index in [0.29, 0.717) is 6.54 Å². The maximum atomic E-state index is 13.1. The van der Waals surface area contributed by atoms with E-state index in [9.17, 15) is 4.39 Å². The minimum absolute atomic E-state index is 0. The molecule has 0 N–H and O–H groups in total. The Morgan fingerprint density at radius 2 is 1.50 bits per heavy atom. The van der Waals surface area contributed by atoms with Gasteiger partial charge < -0.3 is 12.4 Å². The van der Waals surface area contributed by atoms with E-state index in [1.54, 1.807) is 0 Å². The first-order valence-corrected chi connectivity index (χ1v) is 8.53. The monoisotopic (exact) mass is 386 g/mol. The first-order valence-electron chi connectivity index (χ1n) is 8.15. The molecule has 0 spiro atoms. The number of benzene rings is 3. The standard InChI is InChI=1S/C21H17ClFN2.ClH/c22-18-9-5-16(6-10-18)13-24-15-25(21-4-2-1-3-20(21)24)14-17-7-11-19(23)12-8-17;/h1-12,15H,13-14H2;1H/q+1;/p-1. The third-order valence-electron chi connectivity index (χ3n) is 4.31. The summed E-state index contributed by atoms with van der Waals surface area (Å²) in [4.78, 5) is 0. The zero-order valence-corrected chi connectivity index (χ0v) is 15.5. The number of rotatable bonds is 4. The van der Waals surface area contributed by atoms with Crippen molar-refractivity contribution in [1.29, 1.82) is 0 Å². The van der Waals surface area contributed by atoms with Crippen molar-refractivity contribution in [1.82, 2.24) is 4.57 Å². The van der Waals surface area contributed by atoms with Crippen LogP contribution in [0.15, 0.2) is 79.1 Å². The molecule has 0 fully saturated rings. The molecule has 0 aliphatic rings. The summed E-state index contributed by atoms with van der Waals surface area (Å²) in [7, 11) is 0. The fourth-order valence-corrected chi connectivity index (χ4v) is 3.19. The highest BCUT2D eigenvalue weighted by Gasteiger charge is 2.15. The molecule has 132 valence electrons. The van der Waals surface area contributed by atoms with Crippen LogP contribution in [-0.4, -0.2) is 4.57 Å². The van der Waals surface area contributed by atoms with E-state index >= 15 is 0 Å². The number of nitrogens with zero attached hydrogens (tertiary/aromatic N) is 2. The predicted octanol–water partition coefficient (Wildman–Crippen LogP) is 1.82. The van der Waals surface area contributed by atoms with Crippen molar-refractivity contribution in [2.75, 3.05) is 0 Å². The van der Waals surface area contributed by atoms with Gasteiger partial charge in [-0.3, -0.25) is 0 Å². The summed E-state index contributed by atoms with van der Waals surface area (Å²) in [5, 5.41) is 0.743. The van der Waals surface area contributed by atoms with Crippen LogP contribution >= 0.6 is 11.6 Å². The number of hydrogen-bond acceptors (Lipinski definition) is 0. The average Bonchev–Trinajstić information content (AvgIpc) is 2.97. The van der Waals surface area contributed by atoms with E-state index in [0.717, 1.165) is 22.6 Å². The summed E-state index contributed by atoms with van der Waals surface area (Å²) in [6, 6.07) is 22.9. The largest absolute Gasteiger partial charge is 1.00 e. The minimum atomic E-state index is -0.209. The first-order chi connectivity index (χ1) is 12.2. The van der Waals surface area contributed by atoms with E-state index in [1.165, 1.54) is 23.2 Å². The summed E-state index contributed by atoms with van der Waals surface area (Å²) in [5.74, 6) is -0.209. The van der Waals surface area contributed by atoms with Gasteiger partial charge in [0.2, 0.25) is 6.33 Å². The Labute approximate surface area is 162 Å². The van der Waals surface area contributed by atoms with Gasteiger partial charge in [0, 0.05) is 5.02 Å². The highest BCUT2D eigenvalue weighted by molar-refractivity contribution is 6.30. The number of para-hydroxylation sites is 2. The number of imidazole rings is 1. The topological polar surface area (TPSA) is 8.81 Å². The summed E-state index contributed by atoms with van der Waals surface area (Å²) in [5.41, 5.74) is 4.58. The van der Waals surface area contributed by atoms with Gasteiger partial charge in [-0.15, -0.1) is 0 Å². The van der Waals surface area contributed by atoms with Gasteiger partial charge in [0.05, 0.1) is 0 Å². The van der Waals surface area contributed by atoms with Crippen LogP contribution < -0.4 is 17.0 Å². The molecule has 4 aromatic rings. The molecule has 0 amide bonds. The van der Waals surface area contributed by atoms with Gasteiger partial charge >= 0.3 is 0 Å². The quantitative estimate of drug-likeness (QED) is 0.473. The van der Waals surface area contributed by atoms with E-state index in [4.69, 9.17) is 11.6 Å². The zero-order chi connectivity index (χ0) is 17.2. The molecule has 0 aliphatic carbocycles.